The second-order valence-corrected chi connectivity index (χ2v) is 7.56. The predicted molar refractivity (Wildman–Crippen MR) is 114 cm³/mol. The van der Waals surface area contributed by atoms with Crippen molar-refractivity contribution in [1.29, 1.82) is 0 Å². The molecule has 9 nitrogen and oxygen atoms in total. The Morgan fingerprint density at radius 2 is 2.07 bits per heavy atom. The number of nitrogens with zero attached hydrogens (tertiary/aromatic N) is 7. The minimum Gasteiger partial charge on any atom is -0.379 e. The van der Waals surface area contributed by atoms with Crippen molar-refractivity contribution in [3.63, 3.8) is 0 Å². The van der Waals surface area contributed by atoms with Gasteiger partial charge < -0.3 is 24.1 Å². The predicted octanol–water partition coefficient (Wildman–Crippen LogP) is 0.762. The molecule has 1 aliphatic rings. The van der Waals surface area contributed by atoms with E-state index in [1.807, 2.05) is 18.5 Å². The maximum absolute atomic E-state index is 5.42. The summed E-state index contributed by atoms with van der Waals surface area (Å²) in [5.74, 6) is 2.64. The highest BCUT2D eigenvalue weighted by Gasteiger charge is 2.12. The van der Waals surface area contributed by atoms with Crippen molar-refractivity contribution >= 4 is 5.96 Å². The first kappa shape index (κ1) is 21.3. The van der Waals surface area contributed by atoms with Crippen molar-refractivity contribution in [2.24, 2.45) is 19.1 Å². The average molecular weight is 403 g/mol. The summed E-state index contributed by atoms with van der Waals surface area (Å²) in [5.41, 5.74) is 1.24. The van der Waals surface area contributed by atoms with Gasteiger partial charge in [0.15, 0.2) is 11.8 Å². The maximum Gasteiger partial charge on any atom is 0.194 e. The van der Waals surface area contributed by atoms with Gasteiger partial charge in [-0.25, -0.2) is 4.99 Å². The smallest absolute Gasteiger partial charge is 0.194 e. The van der Waals surface area contributed by atoms with Gasteiger partial charge in [0.05, 0.1) is 19.8 Å². The van der Waals surface area contributed by atoms with Crippen LogP contribution < -0.4 is 5.32 Å². The van der Waals surface area contributed by atoms with E-state index < -0.39 is 0 Å². The molecule has 0 bridgehead atoms. The Morgan fingerprint density at radius 3 is 2.72 bits per heavy atom. The van der Waals surface area contributed by atoms with E-state index in [2.05, 4.69) is 62.3 Å². The molecule has 1 fully saturated rings. The minimum absolute atomic E-state index is 0.501. The fraction of sp³-hybridized carbons (Fsp3) is 0.650. The van der Waals surface area contributed by atoms with Crippen LogP contribution in [0.1, 0.15) is 23.8 Å². The number of aryl methyl sites for hydroxylation is 2. The number of aromatic nitrogens is 4. The molecule has 0 amide bonds. The van der Waals surface area contributed by atoms with Crippen molar-refractivity contribution in [3.8, 4) is 0 Å². The fourth-order valence-electron chi connectivity index (χ4n) is 3.35. The van der Waals surface area contributed by atoms with Gasteiger partial charge in [0.2, 0.25) is 0 Å². The van der Waals surface area contributed by atoms with Crippen LogP contribution >= 0.6 is 0 Å². The molecule has 29 heavy (non-hydrogen) atoms. The third kappa shape index (κ3) is 6.04. The van der Waals surface area contributed by atoms with Crippen molar-refractivity contribution in [3.05, 3.63) is 35.7 Å². The Labute approximate surface area is 173 Å². The first-order valence-electron chi connectivity index (χ1n) is 10.3. The molecule has 1 saturated heterocycles. The zero-order valence-corrected chi connectivity index (χ0v) is 18.1. The lowest BCUT2D eigenvalue weighted by Crippen LogP contribution is -2.41. The number of nitrogens with one attached hydrogen (secondary N) is 1. The van der Waals surface area contributed by atoms with Crippen LogP contribution in [0.3, 0.4) is 0 Å². The molecule has 0 radical (unpaired) electrons. The second-order valence-electron chi connectivity index (χ2n) is 7.56. The molecule has 9 heteroatoms. The molecule has 0 atom stereocenters. The Bertz CT molecular complexity index is 790. The van der Waals surface area contributed by atoms with Crippen LogP contribution in [0.2, 0.25) is 0 Å². The summed E-state index contributed by atoms with van der Waals surface area (Å²) in [5, 5.41) is 11.9. The molecule has 3 rings (SSSR count). The van der Waals surface area contributed by atoms with Crippen LogP contribution in [0.25, 0.3) is 0 Å². The quantitative estimate of drug-likeness (QED) is 0.399. The number of ether oxygens (including phenoxy) is 1. The molecule has 0 spiro atoms. The molecule has 2 aromatic heterocycles. The monoisotopic (exact) mass is 402 g/mol. The first-order valence-corrected chi connectivity index (χ1v) is 10.3. The Morgan fingerprint density at radius 1 is 1.28 bits per heavy atom. The molecule has 3 heterocycles. The van der Waals surface area contributed by atoms with Gasteiger partial charge in [0.1, 0.15) is 12.4 Å². The molecule has 0 aromatic carbocycles. The van der Waals surface area contributed by atoms with Crippen LogP contribution in [-0.4, -0.2) is 81.5 Å². The lowest BCUT2D eigenvalue weighted by molar-refractivity contribution is 0.0375. The molecule has 160 valence electrons. The molecule has 2 aromatic rings. The number of aliphatic imine (C=N–C) groups is 1. The van der Waals surface area contributed by atoms with E-state index in [0.29, 0.717) is 6.54 Å². The first-order chi connectivity index (χ1) is 14.0. The Hall–Kier alpha value is -2.39. The van der Waals surface area contributed by atoms with Gasteiger partial charge in [-0.3, -0.25) is 4.90 Å². The summed E-state index contributed by atoms with van der Waals surface area (Å²) < 4.78 is 9.54. The van der Waals surface area contributed by atoms with Crippen LogP contribution in [-0.2, 0) is 31.9 Å². The van der Waals surface area contributed by atoms with Crippen molar-refractivity contribution in [2.75, 3.05) is 46.4 Å². The molecule has 0 unspecified atom stereocenters. The number of guanidine groups is 1. The zero-order valence-electron chi connectivity index (χ0n) is 18.1. The van der Waals surface area contributed by atoms with Crippen molar-refractivity contribution in [1.82, 2.24) is 34.4 Å². The summed E-state index contributed by atoms with van der Waals surface area (Å²) in [6.45, 7) is 8.94. The molecule has 0 aliphatic carbocycles. The molecular weight excluding hydrogens is 368 g/mol. The summed E-state index contributed by atoms with van der Waals surface area (Å²) in [6.07, 6.45) is 3.14. The van der Waals surface area contributed by atoms with Crippen molar-refractivity contribution in [2.45, 2.75) is 26.4 Å². The highest BCUT2D eigenvalue weighted by molar-refractivity contribution is 5.79. The van der Waals surface area contributed by atoms with E-state index in [1.165, 1.54) is 5.69 Å². The highest BCUT2D eigenvalue weighted by Crippen LogP contribution is 2.06. The van der Waals surface area contributed by atoms with Gasteiger partial charge in [0.25, 0.3) is 0 Å². The topological polar surface area (TPSA) is 75.7 Å². The van der Waals surface area contributed by atoms with Gasteiger partial charge in [0, 0.05) is 52.7 Å². The van der Waals surface area contributed by atoms with Gasteiger partial charge in [-0.2, -0.15) is 0 Å². The van der Waals surface area contributed by atoms with Gasteiger partial charge in [-0.1, -0.05) is 0 Å². The molecule has 1 aliphatic heterocycles. The number of hydrogen-bond acceptors (Lipinski definition) is 5. The fourth-order valence-corrected chi connectivity index (χ4v) is 3.35. The van der Waals surface area contributed by atoms with Gasteiger partial charge in [-0.05, 0) is 32.0 Å². The van der Waals surface area contributed by atoms with E-state index in [1.54, 1.807) is 0 Å². The maximum atomic E-state index is 5.42. The van der Waals surface area contributed by atoms with E-state index in [0.717, 1.165) is 70.0 Å². The lowest BCUT2D eigenvalue weighted by atomic mass is 10.3. The average Bonchev–Trinajstić information content (AvgIpc) is 3.27. The largest absolute Gasteiger partial charge is 0.379 e. The number of morpholine rings is 1. The van der Waals surface area contributed by atoms with Gasteiger partial charge >= 0.3 is 0 Å². The van der Waals surface area contributed by atoms with Crippen LogP contribution in [0.5, 0.6) is 0 Å². The summed E-state index contributed by atoms with van der Waals surface area (Å²) >= 11 is 0. The second kappa shape index (κ2) is 10.4. The van der Waals surface area contributed by atoms with Crippen LogP contribution in [0, 0.1) is 6.92 Å². The number of hydrogen-bond donors (Lipinski definition) is 1. The Kier molecular flexibility index (Phi) is 7.65. The summed E-state index contributed by atoms with van der Waals surface area (Å²) in [6, 6.07) is 4.21. The van der Waals surface area contributed by atoms with Crippen molar-refractivity contribution < 1.29 is 4.74 Å². The number of rotatable bonds is 8. The van der Waals surface area contributed by atoms with Crippen LogP contribution in [0.15, 0.2) is 23.3 Å². The zero-order chi connectivity index (χ0) is 20.6. The minimum atomic E-state index is 0.501. The summed E-state index contributed by atoms with van der Waals surface area (Å²) in [4.78, 5) is 9.44. The van der Waals surface area contributed by atoms with E-state index in [-0.39, 0.29) is 0 Å². The van der Waals surface area contributed by atoms with E-state index in [9.17, 15) is 0 Å². The summed E-state index contributed by atoms with van der Waals surface area (Å²) in [7, 11) is 6.12. The van der Waals surface area contributed by atoms with E-state index in [4.69, 9.17) is 9.73 Å². The standard InChI is InChI=1S/C20H34N8O/c1-17-23-24-19(27(17)4)15-22-20(26(3)16-18-7-5-9-25(18)2)21-8-6-10-28-11-13-29-14-12-28/h5,7,9H,6,8,10-16H2,1-4H3,(H,21,22). The Balaban J connectivity index is 1.59. The molecule has 1 N–H and O–H groups in total. The van der Waals surface area contributed by atoms with E-state index >= 15 is 0 Å². The molecular formula is C20H34N8O. The third-order valence-corrected chi connectivity index (χ3v) is 5.40. The van der Waals surface area contributed by atoms with Crippen LogP contribution in [0.4, 0.5) is 0 Å². The molecule has 0 saturated carbocycles. The lowest BCUT2D eigenvalue weighted by Gasteiger charge is -2.27. The highest BCUT2D eigenvalue weighted by atomic mass is 16.5. The normalized spacial score (nSPS) is 15.7. The SMILES string of the molecule is Cc1nnc(CN=C(NCCCN2CCOCC2)N(C)Cc2cccn2C)n1C. The third-order valence-electron chi connectivity index (χ3n) is 5.40. The van der Waals surface area contributed by atoms with Gasteiger partial charge in [-0.15, -0.1) is 10.2 Å².